The molecule has 2 N–H and O–H groups in total. The predicted octanol–water partition coefficient (Wildman–Crippen LogP) is 2.63. The highest BCUT2D eigenvalue weighted by atomic mass is 16.5. The second-order valence-electron chi connectivity index (χ2n) is 4.04. The van der Waals surface area contributed by atoms with E-state index in [0.717, 1.165) is 12.8 Å². The van der Waals surface area contributed by atoms with Gasteiger partial charge in [0.15, 0.2) is 0 Å². The third kappa shape index (κ3) is 8.43. The van der Waals surface area contributed by atoms with Crippen molar-refractivity contribution in [2.24, 2.45) is 5.73 Å². The highest BCUT2D eigenvalue weighted by Crippen LogP contribution is 2.09. The smallest absolute Gasteiger partial charge is 0.322 e. The summed E-state index contributed by atoms with van der Waals surface area (Å²) in [4.78, 5) is 11.0. The molecule has 0 saturated carbocycles. The van der Waals surface area contributed by atoms with Gasteiger partial charge in [0.2, 0.25) is 0 Å². The molecule has 0 unspecified atom stereocenters. The molecular formula is C12H25NO2. The number of unbranched alkanes of at least 4 members (excludes halogenated alkanes) is 6. The molecule has 0 spiro atoms. The number of methoxy groups -OCH3 is 1. The van der Waals surface area contributed by atoms with E-state index in [9.17, 15) is 4.79 Å². The van der Waals surface area contributed by atoms with Gasteiger partial charge in [0, 0.05) is 0 Å². The van der Waals surface area contributed by atoms with Crippen molar-refractivity contribution in [2.45, 2.75) is 64.3 Å². The van der Waals surface area contributed by atoms with Gasteiger partial charge in [0.05, 0.1) is 7.11 Å². The number of ether oxygens (including phenoxy) is 1. The zero-order valence-corrected chi connectivity index (χ0v) is 10.1. The number of hydrogen-bond donors (Lipinski definition) is 1. The van der Waals surface area contributed by atoms with Crippen LogP contribution in [0.25, 0.3) is 0 Å². The lowest BCUT2D eigenvalue weighted by Gasteiger charge is -2.08. The van der Waals surface area contributed by atoms with Gasteiger partial charge in [-0.3, -0.25) is 4.79 Å². The average molecular weight is 215 g/mol. The fourth-order valence-electron chi connectivity index (χ4n) is 1.59. The molecule has 0 amide bonds. The number of carbonyl (C=O) groups is 1. The van der Waals surface area contributed by atoms with Gasteiger partial charge in [-0.1, -0.05) is 51.9 Å². The van der Waals surface area contributed by atoms with Crippen LogP contribution in [0, 0.1) is 0 Å². The molecule has 0 rings (SSSR count). The number of nitrogens with two attached hydrogens (primary N) is 1. The Bertz CT molecular complexity index is 160. The molecule has 0 aromatic rings. The van der Waals surface area contributed by atoms with Crippen molar-refractivity contribution in [3.63, 3.8) is 0 Å². The largest absolute Gasteiger partial charge is 0.468 e. The molecule has 0 radical (unpaired) electrons. The summed E-state index contributed by atoms with van der Waals surface area (Å²) in [6.45, 7) is 2.22. The number of rotatable bonds is 9. The maximum atomic E-state index is 11.0. The Balaban J connectivity index is 3.20. The Hall–Kier alpha value is -0.570. The standard InChI is InChI=1S/C12H25NO2/c1-3-4-5-6-7-8-9-10-11(13)12(14)15-2/h11H,3-10,13H2,1-2H3/t11-/m0/s1. The van der Waals surface area contributed by atoms with Crippen LogP contribution in [0.5, 0.6) is 0 Å². The minimum absolute atomic E-state index is 0.291. The summed E-state index contributed by atoms with van der Waals surface area (Å²) in [6, 6.07) is -0.425. The Morgan fingerprint density at radius 3 is 2.20 bits per heavy atom. The topological polar surface area (TPSA) is 52.3 Å². The van der Waals surface area contributed by atoms with Gasteiger partial charge in [-0.2, -0.15) is 0 Å². The van der Waals surface area contributed by atoms with Crippen molar-refractivity contribution in [1.82, 2.24) is 0 Å². The molecule has 0 bridgehead atoms. The van der Waals surface area contributed by atoms with Gasteiger partial charge in [-0.25, -0.2) is 0 Å². The van der Waals surface area contributed by atoms with E-state index in [0.29, 0.717) is 0 Å². The first kappa shape index (κ1) is 14.4. The molecule has 0 heterocycles. The monoisotopic (exact) mass is 215 g/mol. The zero-order valence-electron chi connectivity index (χ0n) is 10.1. The Labute approximate surface area is 93.4 Å². The minimum atomic E-state index is -0.425. The summed E-state index contributed by atoms with van der Waals surface area (Å²) in [5, 5.41) is 0. The molecule has 90 valence electrons. The Morgan fingerprint density at radius 1 is 1.13 bits per heavy atom. The summed E-state index contributed by atoms with van der Waals surface area (Å²) >= 11 is 0. The van der Waals surface area contributed by atoms with E-state index < -0.39 is 6.04 Å². The van der Waals surface area contributed by atoms with Crippen LogP contribution >= 0.6 is 0 Å². The van der Waals surface area contributed by atoms with Crippen LogP contribution in [-0.4, -0.2) is 19.1 Å². The van der Waals surface area contributed by atoms with Crippen LogP contribution in [0.2, 0.25) is 0 Å². The van der Waals surface area contributed by atoms with Crippen molar-refractivity contribution in [3.05, 3.63) is 0 Å². The van der Waals surface area contributed by atoms with Gasteiger partial charge in [-0.15, -0.1) is 0 Å². The normalized spacial score (nSPS) is 12.5. The molecular weight excluding hydrogens is 190 g/mol. The number of carbonyl (C=O) groups excluding carboxylic acids is 1. The van der Waals surface area contributed by atoms with Crippen molar-refractivity contribution in [2.75, 3.05) is 7.11 Å². The third-order valence-corrected chi connectivity index (χ3v) is 2.62. The highest BCUT2D eigenvalue weighted by Gasteiger charge is 2.12. The van der Waals surface area contributed by atoms with Crippen LogP contribution < -0.4 is 5.73 Å². The van der Waals surface area contributed by atoms with Crippen LogP contribution in [0.4, 0.5) is 0 Å². The van der Waals surface area contributed by atoms with Crippen molar-refractivity contribution >= 4 is 5.97 Å². The quantitative estimate of drug-likeness (QED) is 0.475. The summed E-state index contributed by atoms with van der Waals surface area (Å²) in [5.74, 6) is -0.291. The number of hydrogen-bond acceptors (Lipinski definition) is 3. The van der Waals surface area contributed by atoms with E-state index in [-0.39, 0.29) is 5.97 Å². The summed E-state index contributed by atoms with van der Waals surface area (Å²) in [5.41, 5.74) is 5.62. The summed E-state index contributed by atoms with van der Waals surface area (Å²) < 4.78 is 4.56. The van der Waals surface area contributed by atoms with E-state index in [2.05, 4.69) is 11.7 Å². The van der Waals surface area contributed by atoms with Gasteiger partial charge in [0.25, 0.3) is 0 Å². The molecule has 0 aliphatic heterocycles. The predicted molar refractivity (Wildman–Crippen MR) is 62.6 cm³/mol. The molecule has 15 heavy (non-hydrogen) atoms. The van der Waals surface area contributed by atoms with E-state index in [1.54, 1.807) is 0 Å². The van der Waals surface area contributed by atoms with Crippen LogP contribution in [0.3, 0.4) is 0 Å². The molecule has 3 heteroatoms. The molecule has 0 aromatic heterocycles. The van der Waals surface area contributed by atoms with Crippen molar-refractivity contribution in [1.29, 1.82) is 0 Å². The van der Waals surface area contributed by atoms with Gasteiger partial charge in [-0.05, 0) is 6.42 Å². The minimum Gasteiger partial charge on any atom is -0.468 e. The zero-order chi connectivity index (χ0) is 11.5. The fraction of sp³-hybridized carbons (Fsp3) is 0.917. The molecule has 0 aliphatic rings. The van der Waals surface area contributed by atoms with Crippen molar-refractivity contribution in [3.8, 4) is 0 Å². The van der Waals surface area contributed by atoms with Gasteiger partial charge < -0.3 is 10.5 Å². The lowest BCUT2D eigenvalue weighted by atomic mass is 10.1. The molecule has 0 saturated heterocycles. The second kappa shape index (κ2) is 9.97. The van der Waals surface area contributed by atoms with Gasteiger partial charge in [0.1, 0.15) is 6.04 Å². The lowest BCUT2D eigenvalue weighted by molar-refractivity contribution is -0.142. The second-order valence-corrected chi connectivity index (χ2v) is 4.04. The Kier molecular flexibility index (Phi) is 9.59. The van der Waals surface area contributed by atoms with Crippen LogP contribution in [0.1, 0.15) is 58.3 Å². The third-order valence-electron chi connectivity index (χ3n) is 2.62. The first-order valence-corrected chi connectivity index (χ1v) is 6.05. The average Bonchev–Trinajstić information content (AvgIpc) is 2.26. The van der Waals surface area contributed by atoms with Crippen LogP contribution in [-0.2, 0) is 9.53 Å². The van der Waals surface area contributed by atoms with Crippen molar-refractivity contribution < 1.29 is 9.53 Å². The molecule has 0 aliphatic carbocycles. The molecule has 0 aromatic carbocycles. The maximum absolute atomic E-state index is 11.0. The first-order valence-electron chi connectivity index (χ1n) is 6.05. The number of esters is 1. The molecule has 0 fully saturated rings. The molecule has 1 atom stereocenters. The van der Waals surface area contributed by atoms with E-state index in [1.165, 1.54) is 45.6 Å². The van der Waals surface area contributed by atoms with E-state index in [1.807, 2.05) is 0 Å². The summed E-state index contributed by atoms with van der Waals surface area (Å²) in [6.07, 6.45) is 9.47. The SMILES string of the molecule is CCCCCCCCC[C@H](N)C(=O)OC. The van der Waals surface area contributed by atoms with E-state index >= 15 is 0 Å². The molecule has 3 nitrogen and oxygen atoms in total. The lowest BCUT2D eigenvalue weighted by Crippen LogP contribution is -2.31. The van der Waals surface area contributed by atoms with Crippen LogP contribution in [0.15, 0.2) is 0 Å². The Morgan fingerprint density at radius 2 is 1.67 bits per heavy atom. The maximum Gasteiger partial charge on any atom is 0.322 e. The fourth-order valence-corrected chi connectivity index (χ4v) is 1.59. The first-order chi connectivity index (χ1) is 7.22. The van der Waals surface area contributed by atoms with Gasteiger partial charge >= 0.3 is 5.97 Å². The summed E-state index contributed by atoms with van der Waals surface area (Å²) in [7, 11) is 1.38. The highest BCUT2D eigenvalue weighted by molar-refractivity contribution is 5.75. The van der Waals surface area contributed by atoms with E-state index in [4.69, 9.17) is 5.73 Å².